The molecule has 1 fully saturated rings. The number of Topliss-reactive ketones (excluding diaryl/α,β-unsaturated/α-hetero) is 1. The molecule has 0 unspecified atom stereocenters. The summed E-state index contributed by atoms with van der Waals surface area (Å²) in [6, 6.07) is 14.1. The van der Waals surface area contributed by atoms with Crippen LogP contribution in [0.4, 0.5) is 41.7 Å². The van der Waals surface area contributed by atoms with Crippen molar-refractivity contribution in [1.82, 2.24) is 20.9 Å². The molecule has 1 aromatic heterocycles. The molecule has 4 aromatic rings. The van der Waals surface area contributed by atoms with Crippen molar-refractivity contribution in [2.24, 2.45) is 0 Å². The number of nitrogens with two attached hydrogens (primary N) is 1. The fourth-order valence-electron chi connectivity index (χ4n) is 5.16. The van der Waals surface area contributed by atoms with Crippen LogP contribution in [-0.2, 0) is 9.59 Å². The van der Waals surface area contributed by atoms with E-state index in [-0.39, 0.29) is 45.1 Å². The molecule has 16 nitrogen and oxygen atoms in total. The van der Waals surface area contributed by atoms with Crippen LogP contribution in [0, 0.1) is 53.2 Å². The van der Waals surface area contributed by atoms with Gasteiger partial charge in [0.15, 0.2) is 13.2 Å². The predicted molar refractivity (Wildman–Crippen MR) is 264 cm³/mol. The third kappa shape index (κ3) is 16.6. The Morgan fingerprint density at radius 1 is 0.853 bits per heavy atom. The number of carbonyl (C=O) groups is 5. The average Bonchev–Trinajstić information content (AvgIpc) is 3.43. The van der Waals surface area contributed by atoms with Crippen LogP contribution in [0.5, 0.6) is 0 Å². The summed E-state index contributed by atoms with van der Waals surface area (Å²) in [5.74, 6) is -5.80. The van der Waals surface area contributed by atoms with Crippen LogP contribution in [0.3, 0.4) is 0 Å². The highest BCUT2D eigenvalue weighted by atomic mass is 32.1. The van der Waals surface area contributed by atoms with Crippen LogP contribution in [0.1, 0.15) is 90.5 Å². The van der Waals surface area contributed by atoms with Crippen molar-refractivity contribution in [3.63, 3.8) is 0 Å². The molecule has 360 valence electrons. The van der Waals surface area contributed by atoms with Crippen molar-refractivity contribution in [3.8, 4) is 11.8 Å². The maximum atomic E-state index is 14.7. The smallest absolute Gasteiger partial charge is 0.272 e. The number of nitriles is 2. The van der Waals surface area contributed by atoms with E-state index in [9.17, 15) is 37.1 Å². The molecule has 0 aliphatic carbocycles. The highest BCUT2D eigenvalue weighted by Crippen LogP contribution is 2.37. The van der Waals surface area contributed by atoms with Gasteiger partial charge in [0.05, 0.1) is 28.4 Å². The van der Waals surface area contributed by atoms with Crippen molar-refractivity contribution in [3.05, 3.63) is 118 Å². The quantitative estimate of drug-likeness (QED) is 0.0513. The third-order valence-electron chi connectivity index (χ3n) is 8.39. The van der Waals surface area contributed by atoms with Gasteiger partial charge in [-0.15, -0.1) is 4.98 Å². The number of ketones is 1. The standard InChI is InChI=1S/C20H18FN5O2S.C12H14FN3O.C8H9FN2O.C4H9NSi.C3H6O/c1-11-8-13(10-24-16(11)22-4)25-18(28)20(2,3)26(19(25)29)12-6-7-14(15(21)9-12)17(27)23-5;1-12(2,7-14)16-8-4-5-9(10(13)6-8)11(17)15-3;1-11-8(12)6-3-2-5(10)4-7(6)9;1-6(2,3)4-5;1-3(2)4/h6-10H,1-3,5H3,(H,23,27);4-6,16H,1-3H3,(H,15,17);2-4H,10H2,1H3,(H,11,12);1-3H3;1-2H3/i5D3;3D3;1D3;;. The van der Waals surface area contributed by atoms with Gasteiger partial charge in [-0.1, -0.05) is 26.2 Å². The molecule has 3 aromatic carbocycles. The Labute approximate surface area is 414 Å². The molecule has 1 saturated heterocycles. The molecule has 2 heterocycles. The van der Waals surface area contributed by atoms with E-state index in [0.717, 1.165) is 36.4 Å². The van der Waals surface area contributed by atoms with Gasteiger partial charge in [0.2, 0.25) is 0 Å². The number of amides is 4. The molecule has 0 spiro atoms. The average molecular weight is 981 g/mol. The van der Waals surface area contributed by atoms with E-state index in [4.69, 9.17) is 47.4 Å². The Bertz CT molecular complexity index is 3000. The monoisotopic (exact) mass is 980 g/mol. The molecule has 1 aliphatic rings. The molecule has 0 radical (unpaired) electrons. The molecule has 5 rings (SSSR count). The number of halogens is 3. The minimum atomic E-state index is -2.76. The summed E-state index contributed by atoms with van der Waals surface area (Å²) in [6.45, 7) is 16.3. The summed E-state index contributed by atoms with van der Waals surface area (Å²) in [7, 11) is -1.33. The Kier molecular flexibility index (Phi) is 16.4. The topological polar surface area (TPSA) is 231 Å². The molecular formula is C47H56F3N11O5SSi. The van der Waals surface area contributed by atoms with Crippen molar-refractivity contribution in [2.45, 2.75) is 79.2 Å². The van der Waals surface area contributed by atoms with E-state index >= 15 is 0 Å². The Hall–Kier alpha value is -7.67. The Balaban J connectivity index is 0.000000562. The molecule has 6 N–H and O–H groups in total. The lowest BCUT2D eigenvalue weighted by molar-refractivity contribution is -0.120. The number of nitrogens with one attached hydrogen (secondary N) is 4. The summed E-state index contributed by atoms with van der Waals surface area (Å²) in [5, 5.41) is 25.0. The molecule has 21 heteroatoms. The summed E-state index contributed by atoms with van der Waals surface area (Å²) in [6.07, 6.45) is 1.37. The van der Waals surface area contributed by atoms with E-state index in [1.807, 2.05) is 25.7 Å². The van der Waals surface area contributed by atoms with Gasteiger partial charge >= 0.3 is 0 Å². The van der Waals surface area contributed by atoms with Crippen LogP contribution in [0.15, 0.2) is 66.9 Å². The van der Waals surface area contributed by atoms with E-state index in [0.29, 0.717) is 16.9 Å². The van der Waals surface area contributed by atoms with Crippen LogP contribution in [0.2, 0.25) is 19.6 Å². The lowest BCUT2D eigenvalue weighted by Crippen LogP contribution is -2.44. The van der Waals surface area contributed by atoms with Crippen molar-refractivity contribution < 1.29 is 49.5 Å². The first-order valence-electron chi connectivity index (χ1n) is 24.1. The molecule has 1 aliphatic heterocycles. The SMILES string of the molecule is CC(C)=O.C[Si](C)(C)C#N.[2H]C([2H])([2H])NC(=O)c1ccc(N)cc1F.[2H]C([2H])([2H])NC(=O)c1ccc(N2C(=S)N(c3cnc([N+]#[C-])c(C)c3)C(=O)C2(C)C)cc1F.[2H]C([2H])([2H])NC(=O)c1ccc(NC(C)(C)C#N)cc1F. The van der Waals surface area contributed by atoms with Gasteiger partial charge in [0, 0.05) is 56.0 Å². The predicted octanol–water partition coefficient (Wildman–Crippen LogP) is 8.01. The van der Waals surface area contributed by atoms with Crippen LogP contribution >= 0.6 is 12.2 Å². The Morgan fingerprint density at radius 3 is 1.71 bits per heavy atom. The normalized spacial score (nSPS) is 14.7. The summed E-state index contributed by atoms with van der Waals surface area (Å²) < 4.78 is 104. The van der Waals surface area contributed by atoms with Gasteiger partial charge in [-0.25, -0.2) is 18.4 Å². The zero-order valence-corrected chi connectivity index (χ0v) is 40.5. The third-order valence-corrected chi connectivity index (χ3v) is 9.42. The fourth-order valence-corrected chi connectivity index (χ4v) is 5.68. The van der Waals surface area contributed by atoms with Gasteiger partial charge in [-0.2, -0.15) is 5.26 Å². The highest BCUT2D eigenvalue weighted by Gasteiger charge is 2.50. The number of nitrogens with zero attached hydrogens (tertiary/aromatic N) is 6. The van der Waals surface area contributed by atoms with Crippen LogP contribution in [-0.4, -0.2) is 79.6 Å². The number of thiocarbonyl (C=S) groups is 1. The second-order valence-corrected chi connectivity index (χ2v) is 21.4. The fraction of sp³-hybridized carbons (Fsp3) is 0.319. The van der Waals surface area contributed by atoms with E-state index in [1.165, 1.54) is 48.0 Å². The van der Waals surface area contributed by atoms with Gasteiger partial charge < -0.3 is 41.5 Å². The minimum Gasteiger partial charge on any atom is -0.399 e. The summed E-state index contributed by atoms with van der Waals surface area (Å²) in [4.78, 5) is 67.5. The van der Waals surface area contributed by atoms with Gasteiger partial charge in [-0.05, 0) is 127 Å². The summed E-state index contributed by atoms with van der Waals surface area (Å²) in [5.41, 5.74) is 5.88. The number of pyridine rings is 1. The highest BCUT2D eigenvalue weighted by molar-refractivity contribution is 7.81. The van der Waals surface area contributed by atoms with Crippen LogP contribution in [0.25, 0.3) is 4.85 Å². The number of rotatable bonds is 7. The molecule has 68 heavy (non-hydrogen) atoms. The van der Waals surface area contributed by atoms with Gasteiger partial charge in [0.25, 0.3) is 29.4 Å². The maximum absolute atomic E-state index is 14.7. The second kappa shape index (κ2) is 25.3. The number of aryl methyl sites for hydroxylation is 1. The first kappa shape index (κ1) is 44.2. The van der Waals surface area contributed by atoms with E-state index in [2.05, 4.69) is 20.8 Å². The minimum absolute atomic E-state index is 0.0656. The number of carbonyl (C=O) groups excluding carboxylic acids is 5. The van der Waals surface area contributed by atoms with Gasteiger partial charge in [-0.3, -0.25) is 24.1 Å². The number of benzene rings is 3. The number of nitrogen functional groups attached to an aromatic ring is 1. The van der Waals surface area contributed by atoms with Gasteiger partial charge in [0.1, 0.15) is 40.5 Å². The number of anilines is 4. The zero-order valence-electron chi connectivity index (χ0n) is 47.7. The lowest BCUT2D eigenvalue weighted by atomic mass is 10.0. The second-order valence-electron chi connectivity index (χ2n) is 16.4. The van der Waals surface area contributed by atoms with Crippen molar-refractivity contribution >= 4 is 83.4 Å². The van der Waals surface area contributed by atoms with E-state index < -0.39 is 80.8 Å². The number of hydrogen-bond donors (Lipinski definition) is 5. The number of aromatic nitrogens is 1. The lowest BCUT2D eigenvalue weighted by Gasteiger charge is -2.29. The van der Waals surface area contributed by atoms with Crippen molar-refractivity contribution in [1.29, 1.82) is 10.5 Å². The van der Waals surface area contributed by atoms with Crippen molar-refractivity contribution in [2.75, 3.05) is 41.8 Å². The maximum Gasteiger partial charge on any atom is 0.272 e. The Morgan fingerprint density at radius 2 is 1.31 bits per heavy atom. The first-order valence-corrected chi connectivity index (χ1v) is 23.5. The molecule has 0 saturated carbocycles. The molecule has 4 amide bonds. The zero-order chi connectivity index (χ0) is 60.0. The van der Waals surface area contributed by atoms with Crippen LogP contribution < -0.4 is 36.8 Å². The first-order chi connectivity index (χ1) is 34.9. The largest absolute Gasteiger partial charge is 0.399 e. The molecule has 0 bridgehead atoms. The van der Waals surface area contributed by atoms with E-state index in [1.54, 1.807) is 56.6 Å². The molecule has 0 atom stereocenters. The number of hydrogen-bond acceptors (Lipinski definition) is 11. The summed E-state index contributed by atoms with van der Waals surface area (Å²) >= 11 is 5.52. The molecular weight excluding hydrogens is 916 g/mol.